The normalized spacial score (nSPS) is 15.3. The second-order valence-corrected chi connectivity index (χ2v) is 12.8. The Balaban J connectivity index is 1.56. The SMILES string of the molecule is Cc1cc(C)cc(-c2c(OCCC3CCCCN3C(=O)OC(C)(C)C)c3cc(C(=O)c4ccccn4)c(Cl)cc3[nH]c2=O)c1. The molecule has 0 bridgehead atoms. The number of ketones is 1. The topological polar surface area (TPSA) is 102 Å². The van der Waals surface area contributed by atoms with Crippen LogP contribution in [0.1, 0.15) is 73.6 Å². The van der Waals surface area contributed by atoms with Crippen molar-refractivity contribution in [1.82, 2.24) is 14.9 Å². The van der Waals surface area contributed by atoms with Gasteiger partial charge < -0.3 is 19.4 Å². The van der Waals surface area contributed by atoms with E-state index < -0.39 is 5.60 Å². The van der Waals surface area contributed by atoms with Crippen molar-refractivity contribution in [3.8, 4) is 16.9 Å². The highest BCUT2D eigenvalue weighted by Crippen LogP contribution is 2.37. The molecule has 1 aliphatic heterocycles. The summed E-state index contributed by atoms with van der Waals surface area (Å²) in [6.45, 7) is 10.4. The molecule has 1 atom stereocenters. The first kappa shape index (κ1) is 31.3. The molecule has 0 radical (unpaired) electrons. The number of ether oxygens (including phenoxy) is 2. The summed E-state index contributed by atoms with van der Waals surface area (Å²) in [5, 5.41) is 0.749. The number of piperidine rings is 1. The Morgan fingerprint density at radius 1 is 1.07 bits per heavy atom. The van der Waals surface area contributed by atoms with E-state index in [1.807, 2.05) is 52.8 Å². The minimum absolute atomic E-state index is 0.0627. The van der Waals surface area contributed by atoms with Gasteiger partial charge in [0, 0.05) is 36.2 Å². The summed E-state index contributed by atoms with van der Waals surface area (Å²) in [6.07, 6.45) is 4.53. The van der Waals surface area contributed by atoms with Crippen LogP contribution in [0.3, 0.4) is 0 Å². The fourth-order valence-electron chi connectivity index (χ4n) is 5.79. The predicted molar refractivity (Wildman–Crippen MR) is 173 cm³/mol. The number of nitrogens with one attached hydrogen (secondary N) is 1. The number of hydrogen-bond acceptors (Lipinski definition) is 6. The summed E-state index contributed by atoms with van der Waals surface area (Å²) >= 11 is 6.59. The monoisotopic (exact) mass is 615 g/mol. The molecule has 2 aromatic heterocycles. The van der Waals surface area contributed by atoms with Crippen LogP contribution in [-0.4, -0.2) is 51.5 Å². The molecular weight excluding hydrogens is 578 g/mol. The number of carbonyl (C=O) groups excluding carboxylic acids is 2. The molecule has 4 aromatic rings. The van der Waals surface area contributed by atoms with Crippen LogP contribution < -0.4 is 10.3 Å². The van der Waals surface area contributed by atoms with Crippen LogP contribution in [0.5, 0.6) is 5.75 Å². The van der Waals surface area contributed by atoms with E-state index >= 15 is 0 Å². The Hall–Kier alpha value is -4.17. The first-order valence-corrected chi connectivity index (χ1v) is 15.4. The number of H-pyrrole nitrogens is 1. The molecule has 0 spiro atoms. The van der Waals surface area contributed by atoms with Crippen LogP contribution in [0.2, 0.25) is 5.02 Å². The fourth-order valence-corrected chi connectivity index (χ4v) is 6.04. The molecule has 230 valence electrons. The Morgan fingerprint density at radius 2 is 1.82 bits per heavy atom. The molecule has 44 heavy (non-hydrogen) atoms. The van der Waals surface area contributed by atoms with Gasteiger partial charge in [0.2, 0.25) is 5.78 Å². The fraction of sp³-hybridized carbons (Fsp3) is 0.371. The van der Waals surface area contributed by atoms with Gasteiger partial charge in [0.25, 0.3) is 5.56 Å². The maximum absolute atomic E-state index is 13.6. The molecule has 2 aromatic carbocycles. The third-order valence-corrected chi connectivity index (χ3v) is 7.97. The minimum Gasteiger partial charge on any atom is -0.492 e. The van der Waals surface area contributed by atoms with Crippen molar-refractivity contribution in [2.75, 3.05) is 13.2 Å². The van der Waals surface area contributed by atoms with Crippen molar-refractivity contribution >= 4 is 34.4 Å². The van der Waals surface area contributed by atoms with E-state index in [4.69, 9.17) is 21.1 Å². The molecule has 1 amide bonds. The lowest BCUT2D eigenvalue weighted by molar-refractivity contribution is 0.00745. The van der Waals surface area contributed by atoms with Crippen molar-refractivity contribution in [3.05, 3.63) is 92.5 Å². The number of aryl methyl sites for hydroxylation is 2. The molecule has 0 saturated carbocycles. The molecule has 5 rings (SSSR count). The smallest absolute Gasteiger partial charge is 0.410 e. The summed E-state index contributed by atoms with van der Waals surface area (Å²) in [5.41, 5.74) is 3.13. The van der Waals surface area contributed by atoms with Crippen LogP contribution in [0.25, 0.3) is 22.0 Å². The van der Waals surface area contributed by atoms with E-state index in [1.165, 1.54) is 0 Å². The lowest BCUT2D eigenvalue weighted by Gasteiger charge is -2.36. The van der Waals surface area contributed by atoms with E-state index in [0.717, 1.165) is 30.4 Å². The third-order valence-electron chi connectivity index (χ3n) is 7.66. The van der Waals surface area contributed by atoms with E-state index in [-0.39, 0.29) is 46.4 Å². The molecule has 1 aliphatic rings. The van der Waals surface area contributed by atoms with Gasteiger partial charge in [0.05, 0.1) is 22.7 Å². The average Bonchev–Trinajstić information content (AvgIpc) is 2.95. The van der Waals surface area contributed by atoms with Crippen LogP contribution in [0.4, 0.5) is 4.79 Å². The first-order chi connectivity index (χ1) is 20.9. The zero-order valence-electron chi connectivity index (χ0n) is 25.8. The number of aromatic amines is 1. The summed E-state index contributed by atoms with van der Waals surface area (Å²) in [6, 6.07) is 14.2. The minimum atomic E-state index is -0.591. The Kier molecular flexibility index (Phi) is 9.11. The van der Waals surface area contributed by atoms with Gasteiger partial charge in [0.15, 0.2) is 0 Å². The van der Waals surface area contributed by atoms with Crippen molar-refractivity contribution in [2.45, 2.75) is 71.9 Å². The molecule has 1 unspecified atom stereocenters. The Bertz CT molecular complexity index is 1740. The molecular formula is C35H38ClN3O5. The molecule has 1 N–H and O–H groups in total. The number of benzene rings is 2. The van der Waals surface area contributed by atoms with Gasteiger partial charge in [-0.05, 0) is 83.7 Å². The number of pyridine rings is 2. The van der Waals surface area contributed by atoms with Gasteiger partial charge in [-0.25, -0.2) is 4.79 Å². The van der Waals surface area contributed by atoms with Crippen molar-refractivity contribution in [2.24, 2.45) is 0 Å². The van der Waals surface area contributed by atoms with Gasteiger partial charge in [-0.1, -0.05) is 47.0 Å². The summed E-state index contributed by atoms with van der Waals surface area (Å²) in [5.74, 6) is 0.0259. The number of halogens is 1. The van der Waals surface area contributed by atoms with E-state index in [0.29, 0.717) is 40.7 Å². The number of rotatable bonds is 7. The van der Waals surface area contributed by atoms with Gasteiger partial charge in [-0.2, -0.15) is 0 Å². The maximum Gasteiger partial charge on any atom is 0.410 e. The number of nitrogens with zero attached hydrogens (tertiary/aromatic N) is 2. The van der Waals surface area contributed by atoms with Crippen LogP contribution >= 0.6 is 11.6 Å². The quantitative estimate of drug-likeness (QED) is 0.214. The molecule has 1 saturated heterocycles. The molecule has 1 fully saturated rings. The number of fused-ring (bicyclic) bond motifs is 1. The Morgan fingerprint density at radius 3 is 2.50 bits per heavy atom. The van der Waals surface area contributed by atoms with E-state index in [9.17, 15) is 14.4 Å². The highest BCUT2D eigenvalue weighted by atomic mass is 35.5. The predicted octanol–water partition coefficient (Wildman–Crippen LogP) is 7.65. The lowest BCUT2D eigenvalue weighted by Crippen LogP contribution is -2.46. The van der Waals surface area contributed by atoms with Crippen LogP contribution in [0, 0.1) is 13.8 Å². The molecule has 0 aliphatic carbocycles. The molecule has 3 heterocycles. The second kappa shape index (κ2) is 12.8. The largest absolute Gasteiger partial charge is 0.492 e. The van der Waals surface area contributed by atoms with Crippen molar-refractivity contribution in [1.29, 1.82) is 0 Å². The van der Waals surface area contributed by atoms with E-state index in [1.54, 1.807) is 41.4 Å². The molecule has 8 nitrogen and oxygen atoms in total. The van der Waals surface area contributed by atoms with E-state index in [2.05, 4.69) is 9.97 Å². The number of hydrogen-bond donors (Lipinski definition) is 1. The highest BCUT2D eigenvalue weighted by molar-refractivity contribution is 6.35. The number of amides is 1. The van der Waals surface area contributed by atoms with Gasteiger partial charge in [-0.3, -0.25) is 14.6 Å². The first-order valence-electron chi connectivity index (χ1n) is 15.0. The maximum atomic E-state index is 13.6. The summed E-state index contributed by atoms with van der Waals surface area (Å²) < 4.78 is 12.2. The van der Waals surface area contributed by atoms with Crippen LogP contribution in [-0.2, 0) is 4.74 Å². The Labute approximate surface area is 262 Å². The molecule has 9 heteroatoms. The van der Waals surface area contributed by atoms with Crippen molar-refractivity contribution < 1.29 is 19.1 Å². The summed E-state index contributed by atoms with van der Waals surface area (Å²) in [7, 11) is 0. The van der Waals surface area contributed by atoms with Gasteiger partial charge >= 0.3 is 6.09 Å². The number of aromatic nitrogens is 2. The number of carbonyl (C=O) groups is 2. The second-order valence-electron chi connectivity index (χ2n) is 12.4. The highest BCUT2D eigenvalue weighted by Gasteiger charge is 2.31. The van der Waals surface area contributed by atoms with Gasteiger partial charge in [0.1, 0.15) is 17.0 Å². The van der Waals surface area contributed by atoms with Gasteiger partial charge in [-0.15, -0.1) is 0 Å². The standard InChI is InChI=1S/C35H38ClN3O5/c1-21-16-22(2)18-23(17-21)30-32(43-15-12-24-10-7-9-14-39(24)34(42)44-35(3,4)5)26-19-25(27(36)20-29(26)38-33(30)41)31(40)28-11-6-8-13-37-28/h6,8,11,13,16-20,24H,7,9-10,12,14-15H2,1-5H3,(H,38,41). The summed E-state index contributed by atoms with van der Waals surface area (Å²) in [4.78, 5) is 49.0. The zero-order chi connectivity index (χ0) is 31.6. The zero-order valence-corrected chi connectivity index (χ0v) is 26.6. The lowest BCUT2D eigenvalue weighted by atomic mass is 9.97. The van der Waals surface area contributed by atoms with Crippen LogP contribution in [0.15, 0.2) is 59.5 Å². The van der Waals surface area contributed by atoms with Crippen molar-refractivity contribution in [3.63, 3.8) is 0 Å². The number of likely N-dealkylation sites (tertiary alicyclic amines) is 1. The average molecular weight is 616 g/mol. The third kappa shape index (κ3) is 6.97.